The molecule has 8 nitrogen and oxygen atoms in total. The standard InChI is InChI=1S/C24H34N4O4S/c1-7-12-24(5,6)32-18-9-8-10-19(27-18)33(30,31)17-11-13-26-22(20(17)21(25)29)28-15-16(2)14-23(28,3)4/h8-11,13,16H,7,12,14-15H2,1-6H3,(H2,25,29). The smallest absolute Gasteiger partial charge is 0.253 e. The minimum absolute atomic E-state index is 0.112. The van der Waals surface area contributed by atoms with Gasteiger partial charge in [-0.05, 0) is 58.6 Å². The average molecular weight is 475 g/mol. The van der Waals surface area contributed by atoms with Crippen molar-refractivity contribution >= 4 is 21.6 Å². The third kappa shape index (κ3) is 5.13. The first-order chi connectivity index (χ1) is 15.3. The van der Waals surface area contributed by atoms with Gasteiger partial charge in [0, 0.05) is 24.3 Å². The van der Waals surface area contributed by atoms with E-state index in [0.29, 0.717) is 12.5 Å². The van der Waals surface area contributed by atoms with Crippen LogP contribution in [-0.2, 0) is 9.84 Å². The fourth-order valence-corrected chi connectivity index (χ4v) is 6.10. The van der Waals surface area contributed by atoms with Crippen LogP contribution in [0.2, 0.25) is 0 Å². The van der Waals surface area contributed by atoms with Gasteiger partial charge in [0.25, 0.3) is 5.91 Å². The molecule has 1 atom stereocenters. The lowest BCUT2D eigenvalue weighted by molar-refractivity contribution is 0.0918. The van der Waals surface area contributed by atoms with Gasteiger partial charge in [0.15, 0.2) is 5.03 Å². The third-order valence-corrected chi connectivity index (χ3v) is 7.66. The number of aromatic nitrogens is 2. The van der Waals surface area contributed by atoms with Crippen LogP contribution in [0.4, 0.5) is 5.82 Å². The van der Waals surface area contributed by atoms with Gasteiger partial charge in [-0.3, -0.25) is 4.79 Å². The fourth-order valence-electron chi connectivity index (χ4n) is 4.70. The van der Waals surface area contributed by atoms with Crippen LogP contribution in [0, 0.1) is 5.92 Å². The minimum atomic E-state index is -4.17. The summed E-state index contributed by atoms with van der Waals surface area (Å²) in [6.07, 6.45) is 3.99. The Balaban J connectivity index is 2.10. The van der Waals surface area contributed by atoms with Gasteiger partial charge in [0.05, 0.1) is 4.90 Å². The molecule has 1 aliphatic heterocycles. The van der Waals surface area contributed by atoms with Crippen LogP contribution < -0.4 is 15.4 Å². The predicted octanol–water partition coefficient (Wildman–Crippen LogP) is 3.99. The average Bonchev–Trinajstić information content (AvgIpc) is 2.98. The molecular formula is C24H34N4O4S. The van der Waals surface area contributed by atoms with Crippen molar-refractivity contribution in [3.05, 3.63) is 36.0 Å². The number of amides is 1. The summed E-state index contributed by atoms with van der Waals surface area (Å²) in [5.41, 5.74) is 4.81. The molecule has 0 saturated carbocycles. The normalized spacial score (nSPS) is 18.4. The lowest BCUT2D eigenvalue weighted by Crippen LogP contribution is -2.40. The second-order valence-corrected chi connectivity index (χ2v) is 11.9. The SMILES string of the molecule is CCCC(C)(C)Oc1cccc(S(=O)(=O)c2ccnc(N3CC(C)CC3(C)C)c2C(N)=O)n1. The number of sulfone groups is 1. The second-order valence-electron chi connectivity index (χ2n) is 10.0. The number of carbonyl (C=O) groups is 1. The van der Waals surface area contributed by atoms with E-state index in [4.69, 9.17) is 10.5 Å². The highest BCUT2D eigenvalue weighted by atomic mass is 32.2. The van der Waals surface area contributed by atoms with E-state index >= 15 is 0 Å². The first kappa shape index (κ1) is 25.0. The lowest BCUT2D eigenvalue weighted by atomic mass is 9.97. The van der Waals surface area contributed by atoms with Gasteiger partial charge in [-0.1, -0.05) is 26.3 Å². The molecule has 0 spiro atoms. The zero-order valence-electron chi connectivity index (χ0n) is 20.3. The topological polar surface area (TPSA) is 115 Å². The summed E-state index contributed by atoms with van der Waals surface area (Å²) >= 11 is 0. The second kappa shape index (κ2) is 8.93. The van der Waals surface area contributed by atoms with Crippen LogP contribution in [0.5, 0.6) is 5.88 Å². The molecule has 1 aliphatic rings. The Morgan fingerprint density at radius 1 is 1.30 bits per heavy atom. The number of hydrogen-bond acceptors (Lipinski definition) is 7. The number of pyridine rings is 2. The minimum Gasteiger partial charge on any atom is -0.472 e. The first-order valence-corrected chi connectivity index (χ1v) is 12.7. The third-order valence-electron chi connectivity index (χ3n) is 5.96. The highest BCUT2D eigenvalue weighted by molar-refractivity contribution is 7.91. The Morgan fingerprint density at radius 2 is 2.00 bits per heavy atom. The molecule has 1 saturated heterocycles. The van der Waals surface area contributed by atoms with Gasteiger partial charge in [0.2, 0.25) is 15.7 Å². The lowest BCUT2D eigenvalue weighted by Gasteiger charge is -2.33. The maximum Gasteiger partial charge on any atom is 0.253 e. The number of nitrogens with zero attached hydrogens (tertiary/aromatic N) is 3. The number of nitrogens with two attached hydrogens (primary N) is 1. The Kier molecular flexibility index (Phi) is 6.75. The molecule has 1 fully saturated rings. The highest BCUT2D eigenvalue weighted by Gasteiger charge is 2.40. The molecule has 0 radical (unpaired) electrons. The highest BCUT2D eigenvalue weighted by Crippen LogP contribution is 2.39. The summed E-state index contributed by atoms with van der Waals surface area (Å²) in [5.74, 6) is 0.0154. The van der Waals surface area contributed by atoms with Gasteiger partial charge >= 0.3 is 0 Å². The van der Waals surface area contributed by atoms with Crippen molar-refractivity contribution in [1.82, 2.24) is 9.97 Å². The summed E-state index contributed by atoms with van der Waals surface area (Å²) in [4.78, 5) is 23.0. The largest absolute Gasteiger partial charge is 0.472 e. The Labute approximate surface area is 196 Å². The van der Waals surface area contributed by atoms with Crippen LogP contribution in [-0.4, -0.2) is 42.0 Å². The van der Waals surface area contributed by atoms with Gasteiger partial charge in [-0.25, -0.2) is 18.4 Å². The van der Waals surface area contributed by atoms with Gasteiger partial charge in [-0.2, -0.15) is 0 Å². The zero-order chi connectivity index (χ0) is 24.6. The van der Waals surface area contributed by atoms with E-state index in [1.165, 1.54) is 18.3 Å². The van der Waals surface area contributed by atoms with Crippen LogP contribution in [0.25, 0.3) is 0 Å². The summed E-state index contributed by atoms with van der Waals surface area (Å²) in [6.45, 7) is 12.8. The number of carbonyl (C=O) groups excluding carboxylic acids is 1. The van der Waals surface area contributed by atoms with Crippen molar-refractivity contribution in [2.45, 2.75) is 81.9 Å². The van der Waals surface area contributed by atoms with Gasteiger partial charge < -0.3 is 15.4 Å². The molecule has 180 valence electrons. The van der Waals surface area contributed by atoms with Crippen molar-refractivity contribution in [3.63, 3.8) is 0 Å². The fraction of sp³-hybridized carbons (Fsp3) is 0.542. The summed E-state index contributed by atoms with van der Waals surface area (Å²) in [5, 5.41) is -0.207. The molecule has 3 rings (SSSR count). The van der Waals surface area contributed by atoms with E-state index in [9.17, 15) is 13.2 Å². The monoisotopic (exact) mass is 474 g/mol. The quantitative estimate of drug-likeness (QED) is 0.615. The number of primary amides is 1. The van der Waals surface area contributed by atoms with E-state index in [0.717, 1.165) is 19.3 Å². The van der Waals surface area contributed by atoms with Crippen molar-refractivity contribution in [2.24, 2.45) is 11.7 Å². The molecule has 9 heteroatoms. The maximum absolute atomic E-state index is 13.6. The molecule has 2 aromatic heterocycles. The number of hydrogen-bond donors (Lipinski definition) is 1. The van der Waals surface area contributed by atoms with Crippen LogP contribution in [0.3, 0.4) is 0 Å². The summed E-state index contributed by atoms with van der Waals surface area (Å²) < 4.78 is 33.2. The Hall–Kier alpha value is -2.68. The van der Waals surface area contributed by atoms with E-state index in [1.54, 1.807) is 12.1 Å². The molecule has 1 amide bonds. The predicted molar refractivity (Wildman–Crippen MR) is 127 cm³/mol. The van der Waals surface area contributed by atoms with Crippen molar-refractivity contribution in [1.29, 1.82) is 0 Å². The number of ether oxygens (including phenoxy) is 1. The molecule has 2 N–H and O–H groups in total. The molecule has 0 aliphatic carbocycles. The van der Waals surface area contributed by atoms with E-state index in [-0.39, 0.29) is 32.7 Å². The Bertz CT molecular complexity index is 1140. The van der Waals surface area contributed by atoms with E-state index < -0.39 is 21.3 Å². The molecule has 3 heterocycles. The van der Waals surface area contributed by atoms with Crippen molar-refractivity contribution in [3.8, 4) is 5.88 Å². The zero-order valence-corrected chi connectivity index (χ0v) is 21.1. The van der Waals surface area contributed by atoms with Crippen LogP contribution in [0.1, 0.15) is 71.2 Å². The molecule has 0 aromatic carbocycles. The molecular weight excluding hydrogens is 440 g/mol. The maximum atomic E-state index is 13.6. The van der Waals surface area contributed by atoms with Crippen molar-refractivity contribution < 1.29 is 17.9 Å². The van der Waals surface area contributed by atoms with Gasteiger partial charge in [0.1, 0.15) is 17.0 Å². The summed E-state index contributed by atoms with van der Waals surface area (Å²) in [6, 6.07) is 5.90. The first-order valence-electron chi connectivity index (χ1n) is 11.3. The van der Waals surface area contributed by atoms with E-state index in [2.05, 4.69) is 16.9 Å². The molecule has 33 heavy (non-hydrogen) atoms. The van der Waals surface area contributed by atoms with Crippen LogP contribution >= 0.6 is 0 Å². The summed E-state index contributed by atoms with van der Waals surface area (Å²) in [7, 11) is -4.17. The Morgan fingerprint density at radius 3 is 2.58 bits per heavy atom. The molecule has 1 unspecified atom stereocenters. The van der Waals surface area contributed by atoms with Crippen molar-refractivity contribution in [2.75, 3.05) is 11.4 Å². The van der Waals surface area contributed by atoms with Crippen LogP contribution in [0.15, 0.2) is 40.4 Å². The van der Waals surface area contributed by atoms with E-state index in [1.807, 2.05) is 39.5 Å². The number of rotatable bonds is 8. The molecule has 0 bridgehead atoms. The van der Waals surface area contributed by atoms with Gasteiger partial charge in [-0.15, -0.1) is 0 Å². The molecule has 2 aromatic rings. The number of anilines is 1.